The molecule has 4 rings (SSSR count). The van der Waals surface area contributed by atoms with Gasteiger partial charge in [0.2, 0.25) is 0 Å². The van der Waals surface area contributed by atoms with Gasteiger partial charge in [-0.05, 0) is 66.8 Å². The van der Waals surface area contributed by atoms with Crippen LogP contribution in [0, 0.1) is 6.92 Å². The van der Waals surface area contributed by atoms with Crippen molar-refractivity contribution in [2.75, 3.05) is 0 Å². The molecule has 0 aliphatic heterocycles. The minimum absolute atomic E-state index is 0.0756. The Hall–Kier alpha value is -3.39. The van der Waals surface area contributed by atoms with Gasteiger partial charge in [-0.2, -0.15) is 0 Å². The van der Waals surface area contributed by atoms with Gasteiger partial charge >= 0.3 is 0 Å². The fraction of sp³-hybridized carbons (Fsp3) is 0.348. The monoisotopic (exact) mass is 417 g/mol. The zero-order chi connectivity index (χ0) is 22.0. The van der Waals surface area contributed by atoms with Crippen molar-refractivity contribution in [1.29, 1.82) is 0 Å². The third kappa shape index (κ3) is 4.69. The van der Waals surface area contributed by atoms with Crippen LogP contribution < -0.4 is 5.56 Å². The number of para-hydroxylation sites is 1. The quantitative estimate of drug-likeness (QED) is 0.518. The molecule has 0 amide bonds. The average Bonchev–Trinajstić information content (AvgIpc) is 3.19. The van der Waals surface area contributed by atoms with Gasteiger partial charge in [0.1, 0.15) is 0 Å². The van der Waals surface area contributed by atoms with E-state index in [2.05, 4.69) is 51.2 Å². The number of hydrogen-bond donors (Lipinski definition) is 1. The molecule has 0 radical (unpaired) electrons. The van der Waals surface area contributed by atoms with E-state index in [1.54, 1.807) is 6.20 Å². The number of nitrogens with zero attached hydrogens (tertiary/aromatic N) is 6. The molecule has 0 spiro atoms. The maximum Gasteiger partial charge on any atom is 0.252 e. The molecule has 160 valence electrons. The summed E-state index contributed by atoms with van der Waals surface area (Å²) >= 11 is 0. The Morgan fingerprint density at radius 1 is 1.10 bits per heavy atom. The number of H-pyrrole nitrogens is 1. The lowest BCUT2D eigenvalue weighted by Crippen LogP contribution is -2.31. The number of tetrazole rings is 1. The van der Waals surface area contributed by atoms with Crippen LogP contribution in [0.5, 0.6) is 0 Å². The van der Waals surface area contributed by atoms with Crippen molar-refractivity contribution in [2.24, 2.45) is 0 Å². The smallest absolute Gasteiger partial charge is 0.252 e. The molecule has 0 saturated heterocycles. The Morgan fingerprint density at radius 2 is 1.94 bits per heavy atom. The van der Waals surface area contributed by atoms with Gasteiger partial charge in [0.25, 0.3) is 5.56 Å². The van der Waals surface area contributed by atoms with Crippen molar-refractivity contribution in [1.82, 2.24) is 35.1 Å². The van der Waals surface area contributed by atoms with Crippen molar-refractivity contribution >= 4 is 10.9 Å². The first-order valence-electron chi connectivity index (χ1n) is 10.3. The number of pyridine rings is 2. The second-order valence-corrected chi connectivity index (χ2v) is 8.85. The normalized spacial score (nSPS) is 12.0. The molecular weight excluding hydrogens is 390 g/mol. The van der Waals surface area contributed by atoms with Gasteiger partial charge in [-0.25, -0.2) is 4.68 Å². The summed E-state index contributed by atoms with van der Waals surface area (Å²) in [6, 6.07) is 11.9. The lowest BCUT2D eigenvalue weighted by Gasteiger charge is -2.25. The summed E-state index contributed by atoms with van der Waals surface area (Å²) in [6.45, 7) is 9.78. The van der Waals surface area contributed by atoms with Gasteiger partial charge in [-0.1, -0.05) is 24.3 Å². The van der Waals surface area contributed by atoms with E-state index in [1.165, 1.54) is 0 Å². The largest absolute Gasteiger partial charge is 0.321 e. The van der Waals surface area contributed by atoms with Crippen molar-refractivity contribution in [3.05, 3.63) is 81.7 Å². The summed E-state index contributed by atoms with van der Waals surface area (Å²) in [5, 5.41) is 13.3. The van der Waals surface area contributed by atoms with Gasteiger partial charge in [-0.3, -0.25) is 14.7 Å². The molecule has 8 heteroatoms. The molecule has 3 aromatic heterocycles. The molecule has 4 aromatic rings. The molecule has 0 aliphatic rings. The van der Waals surface area contributed by atoms with E-state index in [9.17, 15) is 4.79 Å². The first kappa shape index (κ1) is 20.9. The summed E-state index contributed by atoms with van der Waals surface area (Å²) < 4.78 is 1.83. The van der Waals surface area contributed by atoms with Crippen LogP contribution in [0.15, 0.2) is 53.6 Å². The molecule has 0 bridgehead atoms. The Morgan fingerprint density at radius 3 is 2.68 bits per heavy atom. The molecule has 1 aromatic carbocycles. The first-order valence-corrected chi connectivity index (χ1v) is 10.3. The minimum atomic E-state index is -0.239. The molecule has 3 heterocycles. The Balaban J connectivity index is 1.68. The molecule has 1 N–H and O–H groups in total. The standard InChI is InChI=1S/C23H27N7O/c1-16-7-5-9-18-11-19(22(31)25-21(16)18)14-29(13-17-8-6-10-24-12-17)15-20-26-27-28-30(20)23(2,3)4/h5-12H,13-15H2,1-4H3,(H,25,31). The second kappa shape index (κ2) is 8.39. The topological polar surface area (TPSA) is 92.6 Å². The van der Waals surface area contributed by atoms with Crippen molar-refractivity contribution in [3.63, 3.8) is 0 Å². The van der Waals surface area contributed by atoms with Crippen LogP contribution >= 0.6 is 0 Å². The highest BCUT2D eigenvalue weighted by Crippen LogP contribution is 2.19. The number of hydrogen-bond acceptors (Lipinski definition) is 6. The number of aromatic nitrogens is 6. The van der Waals surface area contributed by atoms with Crippen molar-refractivity contribution < 1.29 is 0 Å². The van der Waals surface area contributed by atoms with E-state index < -0.39 is 0 Å². The van der Waals surface area contributed by atoms with E-state index in [1.807, 2.05) is 54.2 Å². The van der Waals surface area contributed by atoms with Crippen LogP contribution in [-0.2, 0) is 25.2 Å². The summed E-state index contributed by atoms with van der Waals surface area (Å²) in [5.41, 5.74) is 3.39. The van der Waals surface area contributed by atoms with Gasteiger partial charge in [0.05, 0.1) is 17.6 Å². The van der Waals surface area contributed by atoms with Gasteiger partial charge in [0.15, 0.2) is 5.82 Å². The fourth-order valence-electron chi connectivity index (χ4n) is 3.73. The van der Waals surface area contributed by atoms with Crippen molar-refractivity contribution in [3.8, 4) is 0 Å². The van der Waals surface area contributed by atoms with Crippen LogP contribution in [0.2, 0.25) is 0 Å². The average molecular weight is 418 g/mol. The lowest BCUT2D eigenvalue weighted by molar-refractivity contribution is 0.223. The number of benzene rings is 1. The van der Waals surface area contributed by atoms with Crippen molar-refractivity contribution in [2.45, 2.75) is 52.9 Å². The second-order valence-electron chi connectivity index (χ2n) is 8.85. The van der Waals surface area contributed by atoms with Crippen LogP contribution in [0.1, 0.15) is 43.3 Å². The Bertz CT molecular complexity index is 1240. The fourth-order valence-corrected chi connectivity index (χ4v) is 3.73. The summed E-state index contributed by atoms with van der Waals surface area (Å²) in [7, 11) is 0. The maximum atomic E-state index is 12.9. The predicted molar refractivity (Wildman–Crippen MR) is 119 cm³/mol. The van der Waals surface area contributed by atoms with E-state index in [-0.39, 0.29) is 11.1 Å². The van der Waals surface area contributed by atoms with Gasteiger partial charge in [0, 0.05) is 31.0 Å². The van der Waals surface area contributed by atoms with Gasteiger partial charge in [-0.15, -0.1) is 5.10 Å². The molecule has 31 heavy (non-hydrogen) atoms. The predicted octanol–water partition coefficient (Wildman–Crippen LogP) is 3.18. The number of aromatic amines is 1. The number of fused-ring (bicyclic) bond motifs is 1. The first-order chi connectivity index (χ1) is 14.8. The van der Waals surface area contributed by atoms with Crippen LogP contribution in [0.4, 0.5) is 0 Å². The Kier molecular flexibility index (Phi) is 5.65. The zero-order valence-electron chi connectivity index (χ0n) is 18.3. The van der Waals surface area contributed by atoms with E-state index in [0.29, 0.717) is 25.2 Å². The summed E-state index contributed by atoms with van der Waals surface area (Å²) in [4.78, 5) is 22.3. The van der Waals surface area contributed by atoms with Crippen LogP contribution in [-0.4, -0.2) is 35.1 Å². The highest BCUT2D eigenvalue weighted by atomic mass is 16.1. The molecule has 8 nitrogen and oxygen atoms in total. The SMILES string of the molecule is Cc1cccc2cc(CN(Cc3cccnc3)Cc3nnnn3C(C)(C)C)c(=O)[nH]c12. The van der Waals surface area contributed by atoms with Crippen LogP contribution in [0.3, 0.4) is 0 Å². The number of rotatable bonds is 6. The highest BCUT2D eigenvalue weighted by molar-refractivity contribution is 5.81. The molecule has 0 atom stereocenters. The third-order valence-electron chi connectivity index (χ3n) is 5.22. The molecular formula is C23H27N7O. The van der Waals surface area contributed by atoms with E-state index >= 15 is 0 Å². The number of aryl methyl sites for hydroxylation is 1. The minimum Gasteiger partial charge on any atom is -0.321 e. The number of nitrogens with one attached hydrogen (secondary N) is 1. The molecule has 0 unspecified atom stereocenters. The van der Waals surface area contributed by atoms with E-state index in [0.717, 1.165) is 27.9 Å². The molecule has 0 aliphatic carbocycles. The zero-order valence-corrected chi connectivity index (χ0v) is 18.3. The van der Waals surface area contributed by atoms with E-state index in [4.69, 9.17) is 0 Å². The highest BCUT2D eigenvalue weighted by Gasteiger charge is 2.22. The molecule has 0 fully saturated rings. The lowest BCUT2D eigenvalue weighted by atomic mass is 10.1. The summed E-state index contributed by atoms with van der Waals surface area (Å²) in [6.07, 6.45) is 3.60. The van der Waals surface area contributed by atoms with Gasteiger partial charge < -0.3 is 4.98 Å². The molecule has 0 saturated carbocycles. The Labute approximate surface area is 180 Å². The third-order valence-corrected chi connectivity index (χ3v) is 5.22. The van der Waals surface area contributed by atoms with Crippen LogP contribution in [0.25, 0.3) is 10.9 Å². The maximum absolute atomic E-state index is 12.9. The summed E-state index contributed by atoms with van der Waals surface area (Å²) in [5.74, 6) is 0.754.